The molecule has 114 valence electrons. The van der Waals surface area contributed by atoms with Gasteiger partial charge in [-0.1, -0.05) is 0 Å². The van der Waals surface area contributed by atoms with Crippen LogP contribution in [0.5, 0.6) is 0 Å². The zero-order chi connectivity index (χ0) is 15.1. The highest BCUT2D eigenvalue weighted by molar-refractivity contribution is 5.93. The molecule has 1 fully saturated rings. The number of amides is 3. The first-order valence-corrected chi connectivity index (χ1v) is 6.58. The average molecular weight is 286 g/mol. The van der Waals surface area contributed by atoms with E-state index in [1.54, 1.807) is 25.9 Å². The van der Waals surface area contributed by atoms with E-state index in [4.69, 9.17) is 0 Å². The van der Waals surface area contributed by atoms with Crippen LogP contribution in [0, 0.1) is 0 Å². The Morgan fingerprint density at radius 1 is 1.40 bits per heavy atom. The SMILES string of the molecule is CCOC(=O)NC(=O)CN1CCNCC1C(=O)N(C)C. The molecule has 1 saturated heterocycles. The van der Waals surface area contributed by atoms with E-state index in [0.29, 0.717) is 19.6 Å². The average Bonchev–Trinajstić information content (AvgIpc) is 2.38. The van der Waals surface area contributed by atoms with Gasteiger partial charge in [-0.15, -0.1) is 0 Å². The van der Waals surface area contributed by atoms with Crippen molar-refractivity contribution >= 4 is 17.9 Å². The van der Waals surface area contributed by atoms with E-state index in [1.807, 2.05) is 0 Å². The van der Waals surface area contributed by atoms with Crippen molar-refractivity contribution in [2.45, 2.75) is 13.0 Å². The molecule has 1 heterocycles. The lowest BCUT2D eigenvalue weighted by atomic mass is 10.1. The quantitative estimate of drug-likeness (QED) is 0.662. The minimum absolute atomic E-state index is 0.00919. The van der Waals surface area contributed by atoms with E-state index in [1.165, 1.54) is 4.90 Å². The van der Waals surface area contributed by atoms with Gasteiger partial charge in [0.2, 0.25) is 11.8 Å². The normalized spacial score (nSPS) is 19.2. The number of carbonyl (C=O) groups is 3. The van der Waals surface area contributed by atoms with Crippen molar-refractivity contribution in [3.05, 3.63) is 0 Å². The summed E-state index contributed by atoms with van der Waals surface area (Å²) in [6.45, 7) is 3.61. The number of nitrogens with zero attached hydrogens (tertiary/aromatic N) is 2. The van der Waals surface area contributed by atoms with Gasteiger partial charge in [-0.2, -0.15) is 0 Å². The Balaban J connectivity index is 2.56. The molecule has 1 aliphatic heterocycles. The van der Waals surface area contributed by atoms with Crippen LogP contribution in [-0.2, 0) is 14.3 Å². The Hall–Kier alpha value is -1.67. The first-order valence-electron chi connectivity index (χ1n) is 6.58. The fourth-order valence-corrected chi connectivity index (χ4v) is 1.98. The van der Waals surface area contributed by atoms with Gasteiger partial charge >= 0.3 is 6.09 Å². The molecule has 0 aromatic rings. The molecule has 8 heteroatoms. The van der Waals surface area contributed by atoms with Gasteiger partial charge in [0.15, 0.2) is 0 Å². The van der Waals surface area contributed by atoms with Gasteiger partial charge in [-0.05, 0) is 6.92 Å². The van der Waals surface area contributed by atoms with Gasteiger partial charge < -0.3 is 15.0 Å². The summed E-state index contributed by atoms with van der Waals surface area (Å²) < 4.78 is 4.64. The predicted molar refractivity (Wildman–Crippen MR) is 72.1 cm³/mol. The molecule has 1 rings (SSSR count). The van der Waals surface area contributed by atoms with Crippen LogP contribution in [0.3, 0.4) is 0 Å². The molecular weight excluding hydrogens is 264 g/mol. The van der Waals surface area contributed by atoms with Crippen molar-refractivity contribution in [2.24, 2.45) is 0 Å². The van der Waals surface area contributed by atoms with Crippen molar-refractivity contribution in [1.82, 2.24) is 20.4 Å². The van der Waals surface area contributed by atoms with Crippen molar-refractivity contribution in [3.8, 4) is 0 Å². The van der Waals surface area contributed by atoms with Gasteiger partial charge in [0.05, 0.1) is 13.2 Å². The van der Waals surface area contributed by atoms with Crippen LogP contribution in [0.4, 0.5) is 4.79 Å². The van der Waals surface area contributed by atoms with Crippen LogP contribution in [-0.4, -0.2) is 80.6 Å². The highest BCUT2D eigenvalue weighted by Crippen LogP contribution is 2.05. The number of piperazine rings is 1. The van der Waals surface area contributed by atoms with Crippen LogP contribution in [0.1, 0.15) is 6.92 Å². The van der Waals surface area contributed by atoms with Crippen molar-refractivity contribution in [3.63, 3.8) is 0 Å². The third kappa shape index (κ3) is 4.78. The molecular formula is C12H22N4O4. The first-order chi connectivity index (χ1) is 9.45. The Morgan fingerprint density at radius 3 is 2.70 bits per heavy atom. The van der Waals surface area contributed by atoms with Crippen molar-refractivity contribution in [2.75, 3.05) is 46.9 Å². The molecule has 0 bridgehead atoms. The number of hydrogen-bond donors (Lipinski definition) is 2. The molecule has 20 heavy (non-hydrogen) atoms. The number of carbonyl (C=O) groups excluding carboxylic acids is 3. The Kier molecular flexibility index (Phi) is 6.40. The number of alkyl carbamates (subject to hydrolysis) is 1. The number of likely N-dealkylation sites (N-methyl/N-ethyl adjacent to an activating group) is 1. The number of hydrogen-bond acceptors (Lipinski definition) is 6. The highest BCUT2D eigenvalue weighted by Gasteiger charge is 2.31. The molecule has 3 amide bonds. The zero-order valence-corrected chi connectivity index (χ0v) is 12.1. The molecule has 1 aliphatic rings. The van der Waals surface area contributed by atoms with E-state index in [9.17, 15) is 14.4 Å². The van der Waals surface area contributed by atoms with Crippen LogP contribution >= 0.6 is 0 Å². The maximum Gasteiger partial charge on any atom is 0.413 e. The second kappa shape index (κ2) is 7.81. The summed E-state index contributed by atoms with van der Waals surface area (Å²) >= 11 is 0. The molecule has 1 atom stereocenters. The fraction of sp³-hybridized carbons (Fsp3) is 0.750. The Labute approximate surface area is 118 Å². The van der Waals surface area contributed by atoms with Gasteiger partial charge in [0.25, 0.3) is 0 Å². The lowest BCUT2D eigenvalue weighted by molar-refractivity contribution is -0.136. The van der Waals surface area contributed by atoms with E-state index in [-0.39, 0.29) is 19.1 Å². The summed E-state index contributed by atoms with van der Waals surface area (Å²) in [5, 5.41) is 5.25. The summed E-state index contributed by atoms with van der Waals surface area (Å²) in [7, 11) is 3.35. The van der Waals surface area contributed by atoms with Crippen molar-refractivity contribution < 1.29 is 19.1 Å². The standard InChI is InChI=1S/C12H22N4O4/c1-4-20-12(19)14-10(17)8-16-6-5-13-7-9(16)11(18)15(2)3/h9,13H,4-8H2,1-3H3,(H,14,17,19). The topological polar surface area (TPSA) is 91.0 Å². The third-order valence-electron chi connectivity index (χ3n) is 2.94. The predicted octanol–water partition coefficient (Wildman–Crippen LogP) is -1.38. The molecule has 1 unspecified atom stereocenters. The lowest BCUT2D eigenvalue weighted by Crippen LogP contribution is -2.59. The zero-order valence-electron chi connectivity index (χ0n) is 12.1. The van der Waals surface area contributed by atoms with Gasteiger partial charge in [-0.3, -0.25) is 19.8 Å². The number of ether oxygens (including phenoxy) is 1. The summed E-state index contributed by atoms with van der Waals surface area (Å²) in [5.41, 5.74) is 0. The second-order valence-electron chi connectivity index (χ2n) is 4.69. The van der Waals surface area contributed by atoms with Gasteiger partial charge in [0.1, 0.15) is 6.04 Å². The maximum absolute atomic E-state index is 12.0. The number of nitrogens with one attached hydrogen (secondary N) is 2. The lowest BCUT2D eigenvalue weighted by Gasteiger charge is -2.35. The van der Waals surface area contributed by atoms with Crippen LogP contribution in [0.2, 0.25) is 0 Å². The molecule has 0 aliphatic carbocycles. The minimum Gasteiger partial charge on any atom is -0.450 e. The summed E-state index contributed by atoms with van der Waals surface area (Å²) in [6, 6.07) is -0.397. The third-order valence-corrected chi connectivity index (χ3v) is 2.94. The first kappa shape index (κ1) is 16.4. The monoisotopic (exact) mass is 286 g/mol. The van der Waals surface area contributed by atoms with Gasteiger partial charge in [-0.25, -0.2) is 4.79 Å². The molecule has 8 nitrogen and oxygen atoms in total. The highest BCUT2D eigenvalue weighted by atomic mass is 16.5. The van der Waals surface area contributed by atoms with Crippen molar-refractivity contribution in [1.29, 1.82) is 0 Å². The second-order valence-corrected chi connectivity index (χ2v) is 4.69. The summed E-state index contributed by atoms with van der Waals surface area (Å²) in [5.74, 6) is -0.539. The van der Waals surface area contributed by atoms with Crippen LogP contribution < -0.4 is 10.6 Å². The van der Waals surface area contributed by atoms with E-state index < -0.39 is 18.0 Å². The molecule has 0 spiro atoms. The molecule has 0 saturated carbocycles. The number of imide groups is 1. The van der Waals surface area contributed by atoms with E-state index in [0.717, 1.165) is 0 Å². The molecule has 2 N–H and O–H groups in total. The molecule has 0 radical (unpaired) electrons. The smallest absolute Gasteiger partial charge is 0.413 e. The maximum atomic E-state index is 12.0. The molecule has 0 aromatic carbocycles. The largest absolute Gasteiger partial charge is 0.450 e. The molecule has 0 aromatic heterocycles. The van der Waals surface area contributed by atoms with E-state index >= 15 is 0 Å². The minimum atomic E-state index is -0.761. The fourth-order valence-electron chi connectivity index (χ4n) is 1.98. The van der Waals surface area contributed by atoms with E-state index in [2.05, 4.69) is 15.4 Å². The summed E-state index contributed by atoms with van der Waals surface area (Å²) in [6.07, 6.45) is -0.761. The summed E-state index contributed by atoms with van der Waals surface area (Å²) in [4.78, 5) is 38.2. The van der Waals surface area contributed by atoms with Crippen LogP contribution in [0.25, 0.3) is 0 Å². The van der Waals surface area contributed by atoms with Gasteiger partial charge in [0, 0.05) is 33.7 Å². The Bertz CT molecular complexity index is 372. The number of rotatable bonds is 4. The Morgan fingerprint density at radius 2 is 2.10 bits per heavy atom. The van der Waals surface area contributed by atoms with Crippen LogP contribution in [0.15, 0.2) is 0 Å².